The van der Waals surface area contributed by atoms with Crippen LogP contribution < -0.4 is 10.1 Å². The Kier molecular flexibility index (Phi) is 4.76. The lowest BCUT2D eigenvalue weighted by Crippen LogP contribution is -2.15. The standard InChI is InChI=1S/C23H22N4O2/c1-14-9-8-12-19(29-4)21(14)25-23(28)17-13-18(16-10-6-5-7-11-16)24-22-20(17)15(2)26-27(22)3/h5-13H,1-4H3,(H,25,28). The smallest absolute Gasteiger partial charge is 0.256 e. The summed E-state index contributed by atoms with van der Waals surface area (Å²) in [6, 6.07) is 17.3. The molecule has 0 saturated carbocycles. The summed E-state index contributed by atoms with van der Waals surface area (Å²) in [5.41, 5.74) is 5.22. The molecule has 1 N–H and O–H groups in total. The topological polar surface area (TPSA) is 69.0 Å². The molecule has 0 saturated heterocycles. The van der Waals surface area contributed by atoms with E-state index in [9.17, 15) is 4.79 Å². The minimum atomic E-state index is -0.224. The predicted molar refractivity (Wildman–Crippen MR) is 114 cm³/mol. The van der Waals surface area contributed by atoms with Crippen LogP contribution in [-0.4, -0.2) is 27.8 Å². The molecular weight excluding hydrogens is 364 g/mol. The van der Waals surface area contributed by atoms with Crippen molar-refractivity contribution >= 4 is 22.6 Å². The van der Waals surface area contributed by atoms with Crippen molar-refractivity contribution in [3.05, 3.63) is 71.4 Å². The summed E-state index contributed by atoms with van der Waals surface area (Å²) in [5.74, 6) is 0.396. The molecule has 4 aromatic rings. The van der Waals surface area contributed by atoms with E-state index in [1.165, 1.54) is 0 Å². The SMILES string of the molecule is COc1cccc(C)c1NC(=O)c1cc(-c2ccccc2)nc2c1c(C)nn2C. The zero-order valence-corrected chi connectivity index (χ0v) is 16.9. The monoisotopic (exact) mass is 386 g/mol. The van der Waals surface area contributed by atoms with Crippen LogP contribution in [0.2, 0.25) is 0 Å². The van der Waals surface area contributed by atoms with E-state index in [1.807, 2.05) is 75.5 Å². The van der Waals surface area contributed by atoms with E-state index in [1.54, 1.807) is 11.8 Å². The molecule has 0 unspecified atom stereocenters. The number of fused-ring (bicyclic) bond motifs is 1. The lowest BCUT2D eigenvalue weighted by atomic mass is 10.0. The number of methoxy groups -OCH3 is 1. The van der Waals surface area contributed by atoms with Crippen LogP contribution in [-0.2, 0) is 7.05 Å². The largest absolute Gasteiger partial charge is 0.495 e. The Morgan fingerprint density at radius 1 is 1.07 bits per heavy atom. The summed E-state index contributed by atoms with van der Waals surface area (Å²) in [7, 11) is 3.43. The number of nitrogens with one attached hydrogen (secondary N) is 1. The van der Waals surface area contributed by atoms with Gasteiger partial charge in [0.15, 0.2) is 5.65 Å². The maximum atomic E-state index is 13.4. The van der Waals surface area contributed by atoms with Gasteiger partial charge in [-0.15, -0.1) is 0 Å². The Balaban J connectivity index is 1.87. The average Bonchev–Trinajstić information content (AvgIpc) is 3.03. The van der Waals surface area contributed by atoms with E-state index in [0.29, 0.717) is 22.6 Å². The molecule has 0 aliphatic rings. The van der Waals surface area contributed by atoms with Crippen LogP contribution in [0.3, 0.4) is 0 Å². The second kappa shape index (κ2) is 7.39. The van der Waals surface area contributed by atoms with Crippen molar-refractivity contribution < 1.29 is 9.53 Å². The van der Waals surface area contributed by atoms with E-state index in [4.69, 9.17) is 9.72 Å². The summed E-state index contributed by atoms with van der Waals surface area (Å²) in [6.45, 7) is 3.82. The average molecular weight is 386 g/mol. The number of rotatable bonds is 4. The number of hydrogen-bond acceptors (Lipinski definition) is 4. The Labute approximate surface area is 169 Å². The molecule has 4 rings (SSSR count). The van der Waals surface area contributed by atoms with E-state index >= 15 is 0 Å². The van der Waals surface area contributed by atoms with Crippen molar-refractivity contribution in [1.29, 1.82) is 0 Å². The summed E-state index contributed by atoms with van der Waals surface area (Å²) in [5, 5.41) is 8.25. The quantitative estimate of drug-likeness (QED) is 0.560. The van der Waals surface area contributed by atoms with Gasteiger partial charge in [-0.3, -0.25) is 9.48 Å². The summed E-state index contributed by atoms with van der Waals surface area (Å²) < 4.78 is 7.14. The van der Waals surface area contributed by atoms with E-state index in [2.05, 4.69) is 10.4 Å². The van der Waals surface area contributed by atoms with Gasteiger partial charge in [0.25, 0.3) is 5.91 Å². The lowest BCUT2D eigenvalue weighted by molar-refractivity contribution is 0.102. The molecule has 0 radical (unpaired) electrons. The van der Waals surface area contributed by atoms with E-state index < -0.39 is 0 Å². The third-order valence-corrected chi connectivity index (χ3v) is 4.98. The highest BCUT2D eigenvalue weighted by atomic mass is 16.5. The molecule has 1 amide bonds. The van der Waals surface area contributed by atoms with Crippen molar-refractivity contribution in [2.24, 2.45) is 7.05 Å². The van der Waals surface area contributed by atoms with Gasteiger partial charge in [-0.05, 0) is 31.5 Å². The normalized spacial score (nSPS) is 10.9. The molecule has 0 aliphatic carbocycles. The van der Waals surface area contributed by atoms with Crippen molar-refractivity contribution in [3.63, 3.8) is 0 Å². The van der Waals surface area contributed by atoms with Gasteiger partial charge in [-0.25, -0.2) is 4.98 Å². The van der Waals surface area contributed by atoms with Gasteiger partial charge in [-0.2, -0.15) is 5.10 Å². The van der Waals surface area contributed by atoms with Crippen LogP contribution in [0.15, 0.2) is 54.6 Å². The third-order valence-electron chi connectivity index (χ3n) is 4.98. The number of aromatic nitrogens is 3. The van der Waals surface area contributed by atoms with Gasteiger partial charge >= 0.3 is 0 Å². The van der Waals surface area contributed by atoms with E-state index in [-0.39, 0.29) is 5.91 Å². The van der Waals surface area contributed by atoms with Crippen molar-refractivity contribution in [2.75, 3.05) is 12.4 Å². The maximum Gasteiger partial charge on any atom is 0.256 e. The minimum absolute atomic E-state index is 0.224. The fourth-order valence-corrected chi connectivity index (χ4v) is 3.53. The number of carbonyl (C=O) groups is 1. The second-order valence-corrected chi connectivity index (χ2v) is 6.94. The number of carbonyl (C=O) groups excluding carboxylic acids is 1. The lowest BCUT2D eigenvalue weighted by Gasteiger charge is -2.14. The highest BCUT2D eigenvalue weighted by Crippen LogP contribution is 2.31. The Bertz CT molecular complexity index is 1210. The number of amides is 1. The molecule has 2 heterocycles. The van der Waals surface area contributed by atoms with Gasteiger partial charge in [0.05, 0.1) is 35.1 Å². The molecule has 0 bridgehead atoms. The summed E-state index contributed by atoms with van der Waals surface area (Å²) in [4.78, 5) is 18.1. The van der Waals surface area contributed by atoms with Crippen molar-refractivity contribution in [2.45, 2.75) is 13.8 Å². The van der Waals surface area contributed by atoms with E-state index in [0.717, 1.165) is 27.9 Å². The zero-order valence-electron chi connectivity index (χ0n) is 16.9. The molecule has 0 fully saturated rings. The molecule has 6 nitrogen and oxygen atoms in total. The molecule has 0 aliphatic heterocycles. The number of para-hydroxylation sites is 1. The van der Waals surface area contributed by atoms with Gasteiger partial charge in [0, 0.05) is 12.6 Å². The first kappa shape index (κ1) is 18.7. The van der Waals surface area contributed by atoms with Crippen LogP contribution >= 0.6 is 0 Å². The fraction of sp³-hybridized carbons (Fsp3) is 0.174. The van der Waals surface area contributed by atoms with Gasteiger partial charge in [0.1, 0.15) is 5.75 Å². The number of aryl methyl sites for hydroxylation is 3. The molecule has 0 atom stereocenters. The minimum Gasteiger partial charge on any atom is -0.495 e. The number of hydrogen-bond donors (Lipinski definition) is 1. The maximum absolute atomic E-state index is 13.4. The first-order valence-corrected chi connectivity index (χ1v) is 9.34. The fourth-order valence-electron chi connectivity index (χ4n) is 3.53. The summed E-state index contributed by atoms with van der Waals surface area (Å²) in [6.07, 6.45) is 0. The van der Waals surface area contributed by atoms with Crippen molar-refractivity contribution in [3.8, 4) is 17.0 Å². The Morgan fingerprint density at radius 2 is 1.83 bits per heavy atom. The first-order chi connectivity index (χ1) is 14.0. The highest BCUT2D eigenvalue weighted by Gasteiger charge is 2.20. The highest BCUT2D eigenvalue weighted by molar-refractivity contribution is 6.14. The molecule has 6 heteroatoms. The van der Waals surface area contributed by atoms with Gasteiger partial charge in [0.2, 0.25) is 0 Å². The molecular formula is C23H22N4O2. The van der Waals surface area contributed by atoms with Crippen molar-refractivity contribution in [1.82, 2.24) is 14.8 Å². The number of pyridine rings is 1. The van der Waals surface area contributed by atoms with Crippen LogP contribution in [0, 0.1) is 13.8 Å². The predicted octanol–water partition coefficient (Wildman–Crippen LogP) is 4.51. The number of ether oxygens (including phenoxy) is 1. The van der Waals surface area contributed by atoms with Gasteiger partial charge < -0.3 is 10.1 Å². The Hall–Kier alpha value is -3.67. The molecule has 146 valence electrons. The number of anilines is 1. The van der Waals surface area contributed by atoms with Crippen LogP contribution in [0.5, 0.6) is 5.75 Å². The molecule has 2 aromatic carbocycles. The van der Waals surface area contributed by atoms with Crippen LogP contribution in [0.1, 0.15) is 21.6 Å². The van der Waals surface area contributed by atoms with Crippen LogP contribution in [0.25, 0.3) is 22.3 Å². The third kappa shape index (κ3) is 3.33. The second-order valence-electron chi connectivity index (χ2n) is 6.94. The number of benzene rings is 2. The molecule has 2 aromatic heterocycles. The molecule has 29 heavy (non-hydrogen) atoms. The first-order valence-electron chi connectivity index (χ1n) is 9.34. The molecule has 0 spiro atoms. The van der Waals surface area contributed by atoms with Gasteiger partial charge in [-0.1, -0.05) is 42.5 Å². The Morgan fingerprint density at radius 3 is 2.55 bits per heavy atom. The summed E-state index contributed by atoms with van der Waals surface area (Å²) >= 11 is 0. The zero-order chi connectivity index (χ0) is 20.5. The van der Waals surface area contributed by atoms with Crippen LogP contribution in [0.4, 0.5) is 5.69 Å². The number of nitrogens with zero attached hydrogens (tertiary/aromatic N) is 3.